The highest BCUT2D eigenvalue weighted by Gasteiger charge is 2.24. The van der Waals surface area contributed by atoms with Crippen molar-refractivity contribution in [1.29, 1.82) is 0 Å². The molecule has 104 valence electrons. The fourth-order valence-corrected chi connectivity index (χ4v) is 3.89. The molecule has 2 rings (SSSR count). The van der Waals surface area contributed by atoms with Crippen LogP contribution < -0.4 is 5.32 Å². The van der Waals surface area contributed by atoms with Crippen LogP contribution in [-0.2, 0) is 0 Å². The number of likely N-dealkylation sites (tertiary alicyclic amines) is 1. The first-order valence-corrected chi connectivity index (χ1v) is 8.25. The molecule has 0 amide bonds. The van der Waals surface area contributed by atoms with Crippen molar-refractivity contribution >= 4 is 16.9 Å². The Labute approximate surface area is 116 Å². The molecule has 2 aliphatic rings. The molecule has 4 heteroatoms. The van der Waals surface area contributed by atoms with Crippen molar-refractivity contribution in [2.45, 2.75) is 45.6 Å². The number of nitrogens with zero attached hydrogens (tertiary/aromatic N) is 2. The molecule has 0 bridgehead atoms. The number of amidine groups is 1. The molecule has 2 fully saturated rings. The van der Waals surface area contributed by atoms with Gasteiger partial charge in [0, 0.05) is 17.8 Å². The zero-order valence-corrected chi connectivity index (χ0v) is 12.9. The maximum atomic E-state index is 4.80. The molecule has 3 nitrogen and oxygen atoms in total. The van der Waals surface area contributed by atoms with Crippen LogP contribution in [0.25, 0.3) is 0 Å². The van der Waals surface area contributed by atoms with Crippen LogP contribution in [0.15, 0.2) is 4.99 Å². The van der Waals surface area contributed by atoms with Gasteiger partial charge in [-0.1, -0.05) is 18.7 Å². The molecule has 0 unspecified atom stereocenters. The van der Waals surface area contributed by atoms with Crippen molar-refractivity contribution in [3.05, 3.63) is 0 Å². The first-order chi connectivity index (χ1) is 8.59. The molecular weight excluding hydrogens is 242 g/mol. The number of thioether (sulfide) groups is 1. The van der Waals surface area contributed by atoms with E-state index in [0.29, 0.717) is 0 Å². The van der Waals surface area contributed by atoms with E-state index in [0.717, 1.165) is 12.5 Å². The molecule has 0 atom stereocenters. The summed E-state index contributed by atoms with van der Waals surface area (Å²) in [6.45, 7) is 11.5. The third kappa shape index (κ3) is 4.16. The van der Waals surface area contributed by atoms with Crippen molar-refractivity contribution in [1.82, 2.24) is 10.2 Å². The van der Waals surface area contributed by atoms with Gasteiger partial charge in [-0.3, -0.25) is 4.99 Å². The molecule has 2 heterocycles. The van der Waals surface area contributed by atoms with Crippen molar-refractivity contribution in [3.8, 4) is 0 Å². The van der Waals surface area contributed by atoms with E-state index >= 15 is 0 Å². The summed E-state index contributed by atoms with van der Waals surface area (Å²) < 4.78 is 0. The quantitative estimate of drug-likeness (QED) is 0.853. The largest absolute Gasteiger partial charge is 0.360 e. The van der Waals surface area contributed by atoms with Crippen LogP contribution >= 0.6 is 11.8 Å². The molecule has 0 spiro atoms. The lowest BCUT2D eigenvalue weighted by Gasteiger charge is -2.33. The third-order valence-corrected chi connectivity index (χ3v) is 4.97. The predicted octanol–water partition coefficient (Wildman–Crippen LogP) is 2.58. The molecule has 0 aromatic heterocycles. The fraction of sp³-hybridized carbons (Fsp3) is 0.929. The van der Waals surface area contributed by atoms with E-state index in [9.17, 15) is 0 Å². The smallest absolute Gasteiger partial charge is 0.156 e. The zero-order chi connectivity index (χ0) is 13.0. The number of hydrogen-bond acceptors (Lipinski definition) is 3. The molecule has 18 heavy (non-hydrogen) atoms. The minimum absolute atomic E-state index is 0.232. The summed E-state index contributed by atoms with van der Waals surface area (Å²) in [7, 11) is 0. The summed E-state index contributed by atoms with van der Waals surface area (Å²) in [6.07, 6.45) is 3.86. The van der Waals surface area contributed by atoms with Crippen LogP contribution in [-0.4, -0.2) is 47.5 Å². The summed E-state index contributed by atoms with van der Waals surface area (Å²) in [5.74, 6) is 2.00. The standard InChI is InChI=1S/C14H27N3S/c1-4-17-8-5-12(6-9-17)11-15-13-16-14(2,3)7-10-18-13/h12H,4-11H2,1-3H3,(H,15,16). The van der Waals surface area contributed by atoms with Gasteiger partial charge in [0.1, 0.15) is 0 Å². The summed E-state index contributed by atoms with van der Waals surface area (Å²) in [5, 5.41) is 4.73. The molecule has 1 N–H and O–H groups in total. The van der Waals surface area contributed by atoms with E-state index in [-0.39, 0.29) is 5.54 Å². The van der Waals surface area contributed by atoms with Gasteiger partial charge in [-0.05, 0) is 58.7 Å². The van der Waals surface area contributed by atoms with Crippen LogP contribution in [0.2, 0.25) is 0 Å². The molecule has 2 saturated heterocycles. The topological polar surface area (TPSA) is 27.6 Å². The second-order valence-electron chi connectivity index (χ2n) is 6.13. The van der Waals surface area contributed by atoms with Crippen LogP contribution in [0.4, 0.5) is 0 Å². The normalized spacial score (nSPS) is 28.3. The molecule has 0 radical (unpaired) electrons. The van der Waals surface area contributed by atoms with Crippen molar-refractivity contribution in [3.63, 3.8) is 0 Å². The average Bonchev–Trinajstić information content (AvgIpc) is 2.36. The Morgan fingerprint density at radius 2 is 2.11 bits per heavy atom. The second kappa shape index (κ2) is 6.29. The second-order valence-corrected chi connectivity index (χ2v) is 7.21. The Kier molecular flexibility index (Phi) is 4.96. The van der Waals surface area contributed by atoms with E-state index < -0.39 is 0 Å². The minimum Gasteiger partial charge on any atom is -0.360 e. The van der Waals surface area contributed by atoms with E-state index in [2.05, 4.69) is 31.0 Å². The molecule has 0 saturated carbocycles. The van der Waals surface area contributed by atoms with Crippen LogP contribution in [0.5, 0.6) is 0 Å². The summed E-state index contributed by atoms with van der Waals surface area (Å²) in [5.41, 5.74) is 0.232. The lowest BCUT2D eigenvalue weighted by Crippen LogP contribution is -2.46. The van der Waals surface area contributed by atoms with E-state index in [1.807, 2.05) is 11.8 Å². The summed E-state index contributed by atoms with van der Waals surface area (Å²) in [4.78, 5) is 7.35. The van der Waals surface area contributed by atoms with Crippen LogP contribution in [0.1, 0.15) is 40.0 Å². The molecular formula is C14H27N3S. The van der Waals surface area contributed by atoms with Crippen LogP contribution in [0, 0.1) is 5.92 Å². The highest BCUT2D eigenvalue weighted by molar-refractivity contribution is 8.13. The van der Waals surface area contributed by atoms with Gasteiger partial charge in [0.05, 0.1) is 0 Å². The number of piperidine rings is 1. The highest BCUT2D eigenvalue weighted by Crippen LogP contribution is 2.23. The molecule has 0 aromatic rings. The number of nitrogens with one attached hydrogen (secondary N) is 1. The van der Waals surface area contributed by atoms with Gasteiger partial charge in [-0.25, -0.2) is 0 Å². The van der Waals surface area contributed by atoms with Crippen molar-refractivity contribution in [2.75, 3.05) is 31.9 Å². The molecule has 2 aliphatic heterocycles. The van der Waals surface area contributed by atoms with E-state index in [1.165, 1.54) is 49.8 Å². The average molecular weight is 269 g/mol. The maximum Gasteiger partial charge on any atom is 0.156 e. The van der Waals surface area contributed by atoms with Gasteiger partial charge in [-0.2, -0.15) is 0 Å². The monoisotopic (exact) mass is 269 g/mol. The van der Waals surface area contributed by atoms with Gasteiger partial charge in [0.25, 0.3) is 0 Å². The number of rotatable bonds is 3. The van der Waals surface area contributed by atoms with Crippen LogP contribution in [0.3, 0.4) is 0 Å². The molecule has 0 aromatic carbocycles. The van der Waals surface area contributed by atoms with Gasteiger partial charge < -0.3 is 10.2 Å². The Balaban J connectivity index is 1.77. The third-order valence-electron chi connectivity index (χ3n) is 4.06. The number of hydrogen-bond donors (Lipinski definition) is 1. The van der Waals surface area contributed by atoms with Gasteiger partial charge >= 0.3 is 0 Å². The summed E-state index contributed by atoms with van der Waals surface area (Å²) >= 11 is 1.89. The van der Waals surface area contributed by atoms with Gasteiger partial charge in [-0.15, -0.1) is 0 Å². The minimum atomic E-state index is 0.232. The predicted molar refractivity (Wildman–Crippen MR) is 81.4 cm³/mol. The van der Waals surface area contributed by atoms with Gasteiger partial charge in [0.15, 0.2) is 5.17 Å². The van der Waals surface area contributed by atoms with Crippen molar-refractivity contribution in [2.24, 2.45) is 10.9 Å². The Morgan fingerprint density at radius 3 is 2.72 bits per heavy atom. The number of aliphatic imine (C=N–C) groups is 1. The fourth-order valence-electron chi connectivity index (χ4n) is 2.57. The maximum absolute atomic E-state index is 4.80. The zero-order valence-electron chi connectivity index (χ0n) is 12.0. The lowest BCUT2D eigenvalue weighted by molar-refractivity contribution is 0.196. The Morgan fingerprint density at radius 1 is 1.39 bits per heavy atom. The Bertz CT molecular complexity index is 293. The lowest BCUT2D eigenvalue weighted by atomic mass is 9.97. The molecule has 0 aliphatic carbocycles. The van der Waals surface area contributed by atoms with Gasteiger partial charge in [0.2, 0.25) is 0 Å². The van der Waals surface area contributed by atoms with E-state index in [1.54, 1.807) is 0 Å². The van der Waals surface area contributed by atoms with E-state index in [4.69, 9.17) is 4.99 Å². The summed E-state index contributed by atoms with van der Waals surface area (Å²) in [6, 6.07) is 0. The first-order valence-electron chi connectivity index (χ1n) is 7.27. The first kappa shape index (κ1) is 14.2. The SMILES string of the molecule is CCN1CCC(CN=C2NC(C)(C)CCS2)CC1. The highest BCUT2D eigenvalue weighted by atomic mass is 32.2. The van der Waals surface area contributed by atoms with Crippen molar-refractivity contribution < 1.29 is 0 Å². The Hall–Kier alpha value is -0.220.